The first-order valence-electron chi connectivity index (χ1n) is 8.43. The van der Waals surface area contributed by atoms with Crippen molar-refractivity contribution in [1.82, 2.24) is 10.2 Å². The molecule has 0 fully saturated rings. The quantitative estimate of drug-likeness (QED) is 0.455. The third kappa shape index (κ3) is 4.18. The van der Waals surface area contributed by atoms with Gasteiger partial charge in [0.25, 0.3) is 5.70 Å². The van der Waals surface area contributed by atoms with Gasteiger partial charge in [-0.1, -0.05) is 6.08 Å². The molecule has 0 radical (unpaired) electrons. The molecule has 2 aliphatic rings. The molecule has 1 amide bonds. The van der Waals surface area contributed by atoms with E-state index in [1.807, 2.05) is 0 Å². The zero-order chi connectivity index (χ0) is 20.3. The first-order valence-corrected chi connectivity index (χ1v) is 8.43. The first-order chi connectivity index (χ1) is 12.7. The Hall–Kier alpha value is -3.10. The number of ether oxygens (including phenoxy) is 2. The summed E-state index contributed by atoms with van der Waals surface area (Å²) >= 11 is 0. The SMILES string of the molecule is COC(=O)N1C=CC=C(C2C(C(=O)OC(C)C)=C(C)NC(C)=C2[N+](=O)[O-])C1. The molecule has 0 saturated heterocycles. The molecule has 0 aromatic heterocycles. The van der Waals surface area contributed by atoms with Gasteiger partial charge in [0, 0.05) is 11.9 Å². The number of rotatable bonds is 4. The van der Waals surface area contributed by atoms with Gasteiger partial charge in [0.15, 0.2) is 0 Å². The maximum atomic E-state index is 12.7. The standard InChI is InChI=1S/C18H23N3O6/c1-10(2)27-17(22)14-11(3)19-12(4)16(21(24)25)15(14)13-7-6-8-20(9-13)18(23)26-5/h6-8,10,15,19H,9H2,1-5H3. The Morgan fingerprint density at radius 2 is 2.00 bits per heavy atom. The largest absolute Gasteiger partial charge is 0.460 e. The van der Waals surface area contributed by atoms with Gasteiger partial charge in [-0.2, -0.15) is 0 Å². The van der Waals surface area contributed by atoms with Crippen molar-refractivity contribution in [2.24, 2.45) is 5.92 Å². The Morgan fingerprint density at radius 3 is 2.56 bits per heavy atom. The van der Waals surface area contributed by atoms with Crippen molar-refractivity contribution in [3.05, 3.63) is 56.7 Å². The fourth-order valence-electron chi connectivity index (χ4n) is 3.14. The van der Waals surface area contributed by atoms with Crippen LogP contribution in [0.5, 0.6) is 0 Å². The molecule has 1 N–H and O–H groups in total. The fourth-order valence-corrected chi connectivity index (χ4v) is 3.14. The fraction of sp³-hybridized carbons (Fsp3) is 0.444. The summed E-state index contributed by atoms with van der Waals surface area (Å²) in [6.07, 6.45) is 3.80. The predicted molar refractivity (Wildman–Crippen MR) is 96.6 cm³/mol. The van der Waals surface area contributed by atoms with Crippen molar-refractivity contribution in [1.29, 1.82) is 0 Å². The third-order valence-corrected chi connectivity index (χ3v) is 4.19. The number of nitro groups is 1. The van der Waals surface area contributed by atoms with E-state index in [0.717, 1.165) is 0 Å². The molecule has 9 heteroatoms. The van der Waals surface area contributed by atoms with Crippen molar-refractivity contribution in [2.45, 2.75) is 33.8 Å². The maximum Gasteiger partial charge on any atom is 0.413 e. The zero-order valence-corrected chi connectivity index (χ0v) is 15.9. The van der Waals surface area contributed by atoms with Gasteiger partial charge in [0.05, 0.1) is 36.0 Å². The molecule has 1 unspecified atom stereocenters. The van der Waals surface area contributed by atoms with Gasteiger partial charge in [0.1, 0.15) is 5.92 Å². The minimum atomic E-state index is -0.940. The number of nitrogens with one attached hydrogen (secondary N) is 1. The van der Waals surface area contributed by atoms with E-state index >= 15 is 0 Å². The smallest absolute Gasteiger partial charge is 0.413 e. The van der Waals surface area contributed by atoms with E-state index < -0.39 is 22.9 Å². The Balaban J connectivity index is 2.53. The Morgan fingerprint density at radius 1 is 1.33 bits per heavy atom. The molecule has 2 heterocycles. The van der Waals surface area contributed by atoms with Crippen LogP contribution in [0.25, 0.3) is 0 Å². The average Bonchev–Trinajstić information content (AvgIpc) is 2.59. The van der Waals surface area contributed by atoms with Gasteiger partial charge < -0.3 is 14.8 Å². The van der Waals surface area contributed by atoms with Gasteiger partial charge in [0.2, 0.25) is 0 Å². The number of allylic oxidation sites excluding steroid dienone is 5. The second-order valence-electron chi connectivity index (χ2n) is 6.50. The highest BCUT2D eigenvalue weighted by atomic mass is 16.6. The van der Waals surface area contributed by atoms with Crippen molar-refractivity contribution in [3.8, 4) is 0 Å². The number of nitrogens with zero attached hydrogens (tertiary/aromatic N) is 2. The Bertz CT molecular complexity index is 791. The summed E-state index contributed by atoms with van der Waals surface area (Å²) in [4.78, 5) is 37.1. The summed E-state index contributed by atoms with van der Waals surface area (Å²) in [5.41, 5.74) is 1.35. The van der Waals surface area contributed by atoms with E-state index in [0.29, 0.717) is 17.0 Å². The molecule has 2 aliphatic heterocycles. The lowest BCUT2D eigenvalue weighted by Crippen LogP contribution is -2.38. The summed E-state index contributed by atoms with van der Waals surface area (Å²) in [7, 11) is 1.25. The van der Waals surface area contributed by atoms with E-state index in [4.69, 9.17) is 9.47 Å². The molecule has 0 spiro atoms. The number of methoxy groups -OCH3 is 1. The molecule has 1 atom stereocenters. The monoisotopic (exact) mass is 377 g/mol. The van der Waals surface area contributed by atoms with Crippen LogP contribution in [0.15, 0.2) is 46.6 Å². The topological polar surface area (TPSA) is 111 Å². The van der Waals surface area contributed by atoms with Gasteiger partial charge in [-0.05, 0) is 39.3 Å². The molecule has 0 aromatic carbocycles. The number of amides is 1. The second-order valence-corrected chi connectivity index (χ2v) is 6.50. The summed E-state index contributed by atoms with van der Waals surface area (Å²) in [6, 6.07) is 0. The maximum absolute atomic E-state index is 12.7. The van der Waals surface area contributed by atoms with Crippen molar-refractivity contribution in [3.63, 3.8) is 0 Å². The lowest BCUT2D eigenvalue weighted by Gasteiger charge is -2.31. The lowest BCUT2D eigenvalue weighted by molar-refractivity contribution is -0.433. The highest BCUT2D eigenvalue weighted by molar-refractivity contribution is 5.92. The molecule has 0 aliphatic carbocycles. The average molecular weight is 377 g/mol. The highest BCUT2D eigenvalue weighted by Crippen LogP contribution is 2.37. The van der Waals surface area contributed by atoms with Gasteiger partial charge in [-0.15, -0.1) is 0 Å². The van der Waals surface area contributed by atoms with E-state index in [9.17, 15) is 19.7 Å². The summed E-state index contributed by atoms with van der Waals surface area (Å²) in [5.74, 6) is -1.57. The number of esters is 1. The van der Waals surface area contributed by atoms with Gasteiger partial charge in [-0.3, -0.25) is 15.0 Å². The second kappa shape index (κ2) is 8.07. The molecule has 0 saturated carbocycles. The van der Waals surface area contributed by atoms with Crippen LogP contribution in [-0.2, 0) is 14.3 Å². The van der Waals surface area contributed by atoms with Crippen LogP contribution in [0.3, 0.4) is 0 Å². The summed E-state index contributed by atoms with van der Waals surface area (Å²) < 4.78 is 10.0. The Kier molecular flexibility index (Phi) is 6.04. The van der Waals surface area contributed by atoms with Crippen LogP contribution in [-0.4, -0.2) is 41.6 Å². The molecule has 0 aromatic rings. The minimum absolute atomic E-state index is 0.0597. The lowest BCUT2D eigenvalue weighted by atomic mass is 9.82. The van der Waals surface area contributed by atoms with Crippen LogP contribution in [0.4, 0.5) is 4.79 Å². The van der Waals surface area contributed by atoms with E-state index in [1.54, 1.807) is 39.8 Å². The van der Waals surface area contributed by atoms with Gasteiger partial charge in [-0.25, -0.2) is 9.59 Å². The summed E-state index contributed by atoms with van der Waals surface area (Å²) in [5, 5.41) is 14.7. The van der Waals surface area contributed by atoms with Crippen LogP contribution in [0, 0.1) is 16.0 Å². The normalized spacial score (nSPS) is 19.7. The molecule has 146 valence electrons. The molecule has 2 rings (SSSR count). The molecule has 9 nitrogen and oxygen atoms in total. The number of hydrogen-bond acceptors (Lipinski definition) is 7. The van der Waals surface area contributed by atoms with E-state index in [-0.39, 0.29) is 23.9 Å². The van der Waals surface area contributed by atoms with Crippen molar-refractivity contribution in [2.75, 3.05) is 13.7 Å². The molecule has 0 bridgehead atoms. The van der Waals surface area contributed by atoms with Gasteiger partial charge >= 0.3 is 12.1 Å². The van der Waals surface area contributed by atoms with Crippen LogP contribution in [0.2, 0.25) is 0 Å². The zero-order valence-electron chi connectivity index (χ0n) is 15.9. The minimum Gasteiger partial charge on any atom is -0.460 e. The Labute approximate surface area is 157 Å². The number of hydrogen-bond donors (Lipinski definition) is 1. The van der Waals surface area contributed by atoms with E-state index in [2.05, 4.69) is 5.32 Å². The van der Waals surface area contributed by atoms with Crippen LogP contribution in [0.1, 0.15) is 27.7 Å². The number of carbonyl (C=O) groups excluding carboxylic acids is 2. The van der Waals surface area contributed by atoms with Crippen molar-refractivity contribution < 1.29 is 24.0 Å². The first kappa shape index (κ1) is 20.2. The van der Waals surface area contributed by atoms with Crippen molar-refractivity contribution >= 4 is 12.1 Å². The third-order valence-electron chi connectivity index (χ3n) is 4.19. The summed E-state index contributed by atoms with van der Waals surface area (Å²) in [6.45, 7) is 6.72. The number of dihydropyridines is 1. The molecular weight excluding hydrogens is 354 g/mol. The van der Waals surface area contributed by atoms with E-state index in [1.165, 1.54) is 18.2 Å². The molecular formula is C18H23N3O6. The van der Waals surface area contributed by atoms with Crippen LogP contribution < -0.4 is 5.32 Å². The highest BCUT2D eigenvalue weighted by Gasteiger charge is 2.43. The molecule has 27 heavy (non-hydrogen) atoms. The number of carbonyl (C=O) groups is 2. The van der Waals surface area contributed by atoms with Crippen LogP contribution >= 0.6 is 0 Å². The predicted octanol–water partition coefficient (Wildman–Crippen LogP) is 2.46.